The van der Waals surface area contributed by atoms with Gasteiger partial charge in [0.1, 0.15) is 9.86 Å². The zero-order valence-electron chi connectivity index (χ0n) is 10.9. The van der Waals surface area contributed by atoms with Crippen molar-refractivity contribution in [3.05, 3.63) is 11.4 Å². The molecular formula is C13H19N3S2. The van der Waals surface area contributed by atoms with Gasteiger partial charge in [0.25, 0.3) is 0 Å². The van der Waals surface area contributed by atoms with Gasteiger partial charge in [0.2, 0.25) is 5.95 Å². The van der Waals surface area contributed by atoms with E-state index >= 15 is 0 Å². The molecule has 0 amide bonds. The number of unbranched alkanes of at least 4 members (excludes halogenated alkanes) is 2. The quantitative estimate of drug-likeness (QED) is 0.463. The Bertz CT molecular complexity index is 496. The van der Waals surface area contributed by atoms with Crippen molar-refractivity contribution >= 4 is 39.3 Å². The van der Waals surface area contributed by atoms with Gasteiger partial charge in [0.15, 0.2) is 0 Å². The zero-order valence-corrected chi connectivity index (χ0v) is 12.5. The van der Waals surface area contributed by atoms with Crippen LogP contribution in [-0.2, 0) is 0 Å². The Kier molecular flexibility index (Phi) is 5.26. The molecule has 0 atom stereocenters. The fourth-order valence-corrected chi connectivity index (χ4v) is 3.54. The van der Waals surface area contributed by atoms with Crippen LogP contribution in [0.3, 0.4) is 0 Å². The Morgan fingerprint density at radius 3 is 2.94 bits per heavy atom. The summed E-state index contributed by atoms with van der Waals surface area (Å²) in [5.41, 5.74) is 0. The van der Waals surface area contributed by atoms with E-state index in [-0.39, 0.29) is 0 Å². The highest BCUT2D eigenvalue weighted by Gasteiger charge is 2.08. The number of nitrogens with zero attached hydrogens (tertiary/aromatic N) is 2. The van der Waals surface area contributed by atoms with Crippen LogP contribution in [0.15, 0.2) is 16.5 Å². The molecule has 2 heterocycles. The summed E-state index contributed by atoms with van der Waals surface area (Å²) in [6, 6.07) is 2.12. The van der Waals surface area contributed by atoms with Crippen LogP contribution in [-0.4, -0.2) is 22.3 Å². The van der Waals surface area contributed by atoms with E-state index in [2.05, 4.69) is 40.6 Å². The molecule has 98 valence electrons. The van der Waals surface area contributed by atoms with E-state index in [1.807, 2.05) is 11.8 Å². The van der Waals surface area contributed by atoms with E-state index in [9.17, 15) is 0 Å². The molecule has 0 aliphatic heterocycles. The minimum atomic E-state index is 0.755. The lowest BCUT2D eigenvalue weighted by molar-refractivity contribution is 0.778. The smallest absolute Gasteiger partial charge is 0.225 e. The molecule has 3 nitrogen and oxygen atoms in total. The van der Waals surface area contributed by atoms with E-state index < -0.39 is 0 Å². The lowest BCUT2D eigenvalue weighted by Crippen LogP contribution is -2.02. The second-order valence-electron chi connectivity index (χ2n) is 4.08. The van der Waals surface area contributed by atoms with Crippen molar-refractivity contribution in [2.45, 2.75) is 38.1 Å². The van der Waals surface area contributed by atoms with E-state index in [0.29, 0.717) is 0 Å². The van der Waals surface area contributed by atoms with Gasteiger partial charge in [-0.05, 0) is 30.5 Å². The maximum absolute atomic E-state index is 4.61. The normalized spacial score (nSPS) is 11.0. The van der Waals surface area contributed by atoms with Gasteiger partial charge in [-0.1, -0.05) is 19.8 Å². The maximum Gasteiger partial charge on any atom is 0.225 e. The minimum Gasteiger partial charge on any atom is -0.354 e. The Balaban J connectivity index is 2.15. The number of aromatic nitrogens is 2. The molecule has 0 aliphatic rings. The number of thiophene rings is 1. The molecule has 1 N–H and O–H groups in total. The molecular weight excluding hydrogens is 262 g/mol. The Morgan fingerprint density at radius 2 is 2.17 bits per heavy atom. The predicted molar refractivity (Wildman–Crippen MR) is 81.8 cm³/mol. The van der Waals surface area contributed by atoms with Crippen molar-refractivity contribution in [3.8, 4) is 0 Å². The first kappa shape index (κ1) is 13.6. The Labute approximate surface area is 116 Å². The maximum atomic E-state index is 4.61. The highest BCUT2D eigenvalue weighted by Crippen LogP contribution is 2.30. The van der Waals surface area contributed by atoms with Crippen molar-refractivity contribution in [2.75, 3.05) is 17.6 Å². The third-order valence-corrected chi connectivity index (χ3v) is 4.50. The number of hydrogen-bond acceptors (Lipinski definition) is 5. The van der Waals surface area contributed by atoms with Crippen molar-refractivity contribution in [3.63, 3.8) is 0 Å². The van der Waals surface area contributed by atoms with Gasteiger partial charge in [-0.15, -0.1) is 23.1 Å². The van der Waals surface area contributed by atoms with Crippen LogP contribution in [0.4, 0.5) is 5.95 Å². The molecule has 0 aliphatic carbocycles. The van der Waals surface area contributed by atoms with Crippen molar-refractivity contribution in [1.29, 1.82) is 0 Å². The molecule has 0 radical (unpaired) electrons. The van der Waals surface area contributed by atoms with E-state index in [1.165, 1.54) is 24.6 Å². The molecule has 0 fully saturated rings. The SMILES string of the molecule is CCCCCSc1nc(NCC)nc2sccc12. The fourth-order valence-electron chi connectivity index (χ4n) is 1.70. The first-order valence-electron chi connectivity index (χ1n) is 6.47. The fraction of sp³-hybridized carbons (Fsp3) is 0.538. The van der Waals surface area contributed by atoms with Gasteiger partial charge in [-0.25, -0.2) is 9.97 Å². The summed E-state index contributed by atoms with van der Waals surface area (Å²) in [5.74, 6) is 1.90. The average molecular weight is 281 g/mol. The summed E-state index contributed by atoms with van der Waals surface area (Å²) in [7, 11) is 0. The third-order valence-electron chi connectivity index (χ3n) is 2.61. The standard InChI is InChI=1S/C13H19N3S2/c1-3-5-6-8-17-11-10-7-9-18-12(10)16-13(15-11)14-4-2/h7,9H,3-6,8H2,1-2H3,(H,14,15,16). The second kappa shape index (κ2) is 6.95. The largest absolute Gasteiger partial charge is 0.354 e. The van der Waals surface area contributed by atoms with Crippen LogP contribution >= 0.6 is 23.1 Å². The number of rotatable bonds is 7. The van der Waals surface area contributed by atoms with Crippen molar-refractivity contribution < 1.29 is 0 Å². The van der Waals surface area contributed by atoms with E-state index in [1.54, 1.807) is 11.3 Å². The monoisotopic (exact) mass is 281 g/mol. The van der Waals surface area contributed by atoms with Crippen LogP contribution < -0.4 is 5.32 Å². The summed E-state index contributed by atoms with van der Waals surface area (Å²) in [6.45, 7) is 5.16. The molecule has 2 aromatic heterocycles. The number of hydrogen-bond donors (Lipinski definition) is 1. The number of nitrogens with one attached hydrogen (secondary N) is 1. The van der Waals surface area contributed by atoms with Gasteiger partial charge in [0.05, 0.1) is 0 Å². The predicted octanol–water partition coefficient (Wildman–Crippen LogP) is 4.41. The van der Waals surface area contributed by atoms with Crippen LogP contribution in [0.25, 0.3) is 10.2 Å². The molecule has 5 heteroatoms. The number of fused-ring (bicyclic) bond motifs is 1. The average Bonchev–Trinajstić information content (AvgIpc) is 2.83. The molecule has 2 rings (SSSR count). The first-order chi connectivity index (χ1) is 8.85. The lowest BCUT2D eigenvalue weighted by Gasteiger charge is -2.06. The van der Waals surface area contributed by atoms with Gasteiger partial charge >= 0.3 is 0 Å². The van der Waals surface area contributed by atoms with E-state index in [0.717, 1.165) is 28.1 Å². The molecule has 0 spiro atoms. The first-order valence-corrected chi connectivity index (χ1v) is 8.33. The molecule has 2 aromatic rings. The Morgan fingerprint density at radius 1 is 1.28 bits per heavy atom. The summed E-state index contributed by atoms with van der Waals surface area (Å²) in [4.78, 5) is 10.2. The van der Waals surface area contributed by atoms with Crippen LogP contribution in [0, 0.1) is 0 Å². The molecule has 18 heavy (non-hydrogen) atoms. The van der Waals surface area contributed by atoms with Crippen molar-refractivity contribution in [1.82, 2.24) is 9.97 Å². The molecule has 0 aromatic carbocycles. The highest BCUT2D eigenvalue weighted by atomic mass is 32.2. The Hall–Kier alpha value is -0.810. The minimum absolute atomic E-state index is 0.755. The second-order valence-corrected chi connectivity index (χ2v) is 6.06. The third kappa shape index (κ3) is 3.36. The van der Waals surface area contributed by atoms with Gasteiger partial charge < -0.3 is 5.32 Å². The molecule has 0 bridgehead atoms. The van der Waals surface area contributed by atoms with Crippen LogP contribution in [0.2, 0.25) is 0 Å². The topological polar surface area (TPSA) is 37.8 Å². The summed E-state index contributed by atoms with van der Waals surface area (Å²) >= 11 is 3.53. The summed E-state index contributed by atoms with van der Waals surface area (Å²) in [6.07, 6.45) is 3.82. The summed E-state index contributed by atoms with van der Waals surface area (Å²) in [5, 5.41) is 7.61. The van der Waals surface area contributed by atoms with Gasteiger partial charge in [0, 0.05) is 11.9 Å². The molecule has 0 unspecified atom stereocenters. The molecule has 0 saturated heterocycles. The number of thioether (sulfide) groups is 1. The molecule has 0 saturated carbocycles. The lowest BCUT2D eigenvalue weighted by atomic mass is 10.3. The summed E-state index contributed by atoms with van der Waals surface area (Å²) < 4.78 is 0. The van der Waals surface area contributed by atoms with Crippen LogP contribution in [0.5, 0.6) is 0 Å². The zero-order chi connectivity index (χ0) is 12.8. The van der Waals surface area contributed by atoms with Gasteiger partial charge in [-0.3, -0.25) is 0 Å². The van der Waals surface area contributed by atoms with Crippen molar-refractivity contribution in [2.24, 2.45) is 0 Å². The van der Waals surface area contributed by atoms with E-state index in [4.69, 9.17) is 0 Å². The highest BCUT2D eigenvalue weighted by molar-refractivity contribution is 7.99. The van der Waals surface area contributed by atoms with Crippen LogP contribution in [0.1, 0.15) is 33.1 Å². The number of anilines is 1. The van der Waals surface area contributed by atoms with Gasteiger partial charge in [-0.2, -0.15) is 0 Å².